The average molecular weight is 418 g/mol. The van der Waals surface area contributed by atoms with Crippen molar-refractivity contribution in [2.24, 2.45) is 0 Å². The topological polar surface area (TPSA) is 40.2 Å². The molecule has 4 rings (SSSR count). The van der Waals surface area contributed by atoms with Crippen LogP contribution in [0.1, 0.15) is 18.4 Å². The molecule has 156 valence electrons. The lowest BCUT2D eigenvalue weighted by atomic mass is 10.0. The Bertz CT molecular complexity index is 788. The van der Waals surface area contributed by atoms with Gasteiger partial charge in [0.05, 0.1) is 33.0 Å². The number of ether oxygens (including phenoxy) is 4. The van der Waals surface area contributed by atoms with Crippen LogP contribution in [0.3, 0.4) is 0 Å². The molecule has 2 heterocycles. The van der Waals surface area contributed by atoms with E-state index in [2.05, 4.69) is 29.2 Å². The van der Waals surface area contributed by atoms with Crippen LogP contribution in [0, 0.1) is 0 Å². The molecule has 0 N–H and O–H groups in total. The number of hydrogen-bond acceptors (Lipinski definition) is 5. The van der Waals surface area contributed by atoms with E-state index in [1.54, 1.807) is 0 Å². The van der Waals surface area contributed by atoms with Gasteiger partial charge in [0.15, 0.2) is 6.29 Å². The zero-order valence-corrected chi connectivity index (χ0v) is 17.4. The predicted octanol–water partition coefficient (Wildman–Crippen LogP) is 4.37. The Morgan fingerprint density at radius 1 is 1.00 bits per heavy atom. The SMILES string of the molecule is Clc1ccccc1-c1ccc(OCCC2OCCCO2)c(CN2CCOCC2)c1. The molecule has 0 saturated carbocycles. The first-order valence-electron chi connectivity index (χ1n) is 10.3. The van der Waals surface area contributed by atoms with Crippen LogP contribution in [-0.4, -0.2) is 57.3 Å². The third-order valence-corrected chi connectivity index (χ3v) is 5.58. The summed E-state index contributed by atoms with van der Waals surface area (Å²) in [5.74, 6) is 0.906. The average Bonchev–Trinajstić information content (AvgIpc) is 2.77. The first-order valence-corrected chi connectivity index (χ1v) is 10.7. The second-order valence-corrected chi connectivity index (χ2v) is 7.76. The molecule has 2 saturated heterocycles. The standard InChI is InChI=1S/C23H28ClNO4/c24-21-5-2-1-4-20(21)18-6-7-22(27-13-8-23-28-11-3-12-29-23)19(16-18)17-25-9-14-26-15-10-25/h1-2,4-7,16,23H,3,8-15,17H2. The van der Waals surface area contributed by atoms with Crippen molar-refractivity contribution in [2.45, 2.75) is 25.7 Å². The first kappa shape index (κ1) is 20.6. The van der Waals surface area contributed by atoms with Gasteiger partial charge < -0.3 is 18.9 Å². The van der Waals surface area contributed by atoms with Gasteiger partial charge in [-0.25, -0.2) is 0 Å². The van der Waals surface area contributed by atoms with Crippen LogP contribution >= 0.6 is 11.6 Å². The highest BCUT2D eigenvalue weighted by atomic mass is 35.5. The molecule has 2 aliphatic heterocycles. The van der Waals surface area contributed by atoms with E-state index in [0.29, 0.717) is 6.61 Å². The highest BCUT2D eigenvalue weighted by molar-refractivity contribution is 6.33. The maximum Gasteiger partial charge on any atom is 0.160 e. The Morgan fingerprint density at radius 3 is 2.59 bits per heavy atom. The third-order valence-electron chi connectivity index (χ3n) is 5.25. The van der Waals surface area contributed by atoms with Gasteiger partial charge in [-0.05, 0) is 30.2 Å². The summed E-state index contributed by atoms with van der Waals surface area (Å²) >= 11 is 6.43. The normalized spacial score (nSPS) is 18.7. The summed E-state index contributed by atoms with van der Waals surface area (Å²) in [6.45, 7) is 6.32. The fraction of sp³-hybridized carbons (Fsp3) is 0.478. The second kappa shape index (κ2) is 10.4. The molecule has 0 radical (unpaired) electrons. The summed E-state index contributed by atoms with van der Waals surface area (Å²) in [7, 11) is 0. The van der Waals surface area contributed by atoms with Gasteiger partial charge in [0, 0.05) is 42.2 Å². The highest BCUT2D eigenvalue weighted by Crippen LogP contribution is 2.32. The zero-order valence-electron chi connectivity index (χ0n) is 16.6. The van der Waals surface area contributed by atoms with Crippen LogP contribution in [0.2, 0.25) is 5.02 Å². The van der Waals surface area contributed by atoms with E-state index in [0.717, 1.165) is 86.4 Å². The van der Waals surface area contributed by atoms with Gasteiger partial charge in [-0.15, -0.1) is 0 Å². The zero-order chi connectivity index (χ0) is 19.9. The van der Waals surface area contributed by atoms with Crippen LogP contribution in [0.4, 0.5) is 0 Å². The van der Waals surface area contributed by atoms with E-state index in [-0.39, 0.29) is 6.29 Å². The minimum atomic E-state index is -0.158. The summed E-state index contributed by atoms with van der Waals surface area (Å²) in [6.07, 6.45) is 1.53. The van der Waals surface area contributed by atoms with Gasteiger partial charge in [0.1, 0.15) is 5.75 Å². The van der Waals surface area contributed by atoms with Crippen LogP contribution in [-0.2, 0) is 20.8 Å². The van der Waals surface area contributed by atoms with Gasteiger partial charge in [-0.1, -0.05) is 35.9 Å². The summed E-state index contributed by atoms with van der Waals surface area (Å²) in [4.78, 5) is 2.40. The number of morpholine rings is 1. The van der Waals surface area contributed by atoms with Crippen LogP contribution < -0.4 is 4.74 Å². The number of halogens is 1. The lowest BCUT2D eigenvalue weighted by molar-refractivity contribution is -0.183. The van der Waals surface area contributed by atoms with Gasteiger partial charge in [-0.3, -0.25) is 4.90 Å². The molecule has 0 spiro atoms. The Labute approximate surface area is 177 Å². The molecule has 29 heavy (non-hydrogen) atoms. The molecule has 2 aromatic rings. The maximum atomic E-state index is 6.43. The Hall–Kier alpha value is -1.63. The van der Waals surface area contributed by atoms with E-state index in [1.165, 1.54) is 0 Å². The minimum absolute atomic E-state index is 0.158. The van der Waals surface area contributed by atoms with E-state index < -0.39 is 0 Å². The molecule has 0 amide bonds. The fourth-order valence-electron chi connectivity index (χ4n) is 3.68. The molecular formula is C23H28ClNO4. The fourth-order valence-corrected chi connectivity index (χ4v) is 3.92. The van der Waals surface area contributed by atoms with Crippen molar-refractivity contribution in [1.82, 2.24) is 4.90 Å². The van der Waals surface area contributed by atoms with Crippen molar-refractivity contribution in [1.29, 1.82) is 0 Å². The highest BCUT2D eigenvalue weighted by Gasteiger charge is 2.17. The molecule has 5 nitrogen and oxygen atoms in total. The molecule has 2 aliphatic rings. The van der Waals surface area contributed by atoms with Gasteiger partial charge in [-0.2, -0.15) is 0 Å². The lowest BCUT2D eigenvalue weighted by Gasteiger charge is -2.28. The Morgan fingerprint density at radius 2 is 1.79 bits per heavy atom. The Balaban J connectivity index is 1.49. The van der Waals surface area contributed by atoms with Crippen molar-refractivity contribution in [3.8, 4) is 16.9 Å². The largest absolute Gasteiger partial charge is 0.493 e. The van der Waals surface area contributed by atoms with Crippen molar-refractivity contribution in [3.63, 3.8) is 0 Å². The molecular weight excluding hydrogens is 390 g/mol. The van der Waals surface area contributed by atoms with E-state index >= 15 is 0 Å². The van der Waals surface area contributed by atoms with Gasteiger partial charge in [0.2, 0.25) is 0 Å². The van der Waals surface area contributed by atoms with Crippen LogP contribution in [0.15, 0.2) is 42.5 Å². The maximum absolute atomic E-state index is 6.43. The molecule has 0 unspecified atom stereocenters. The molecule has 2 aromatic carbocycles. The summed E-state index contributed by atoms with van der Waals surface area (Å²) in [5.41, 5.74) is 3.30. The summed E-state index contributed by atoms with van der Waals surface area (Å²) in [6, 6.07) is 14.3. The summed E-state index contributed by atoms with van der Waals surface area (Å²) in [5, 5.41) is 0.755. The monoisotopic (exact) mass is 417 g/mol. The number of nitrogens with zero attached hydrogens (tertiary/aromatic N) is 1. The molecule has 0 aromatic heterocycles. The molecule has 6 heteroatoms. The van der Waals surface area contributed by atoms with E-state index in [1.807, 2.05) is 18.2 Å². The van der Waals surface area contributed by atoms with Gasteiger partial charge >= 0.3 is 0 Å². The number of hydrogen-bond donors (Lipinski definition) is 0. The van der Waals surface area contributed by atoms with Crippen molar-refractivity contribution < 1.29 is 18.9 Å². The van der Waals surface area contributed by atoms with E-state index in [4.69, 9.17) is 30.5 Å². The smallest absolute Gasteiger partial charge is 0.160 e. The second-order valence-electron chi connectivity index (χ2n) is 7.35. The van der Waals surface area contributed by atoms with Crippen molar-refractivity contribution >= 4 is 11.6 Å². The van der Waals surface area contributed by atoms with Crippen molar-refractivity contribution in [3.05, 3.63) is 53.1 Å². The predicted molar refractivity (Wildman–Crippen MR) is 113 cm³/mol. The first-order chi connectivity index (χ1) is 14.3. The summed E-state index contributed by atoms with van der Waals surface area (Å²) < 4.78 is 22.9. The van der Waals surface area contributed by atoms with E-state index in [9.17, 15) is 0 Å². The number of rotatable bonds is 7. The quantitative estimate of drug-likeness (QED) is 0.669. The molecule has 2 fully saturated rings. The van der Waals surface area contributed by atoms with Gasteiger partial charge in [0.25, 0.3) is 0 Å². The van der Waals surface area contributed by atoms with Crippen molar-refractivity contribution in [2.75, 3.05) is 46.1 Å². The molecule has 0 aliphatic carbocycles. The van der Waals surface area contributed by atoms with Crippen LogP contribution in [0.5, 0.6) is 5.75 Å². The molecule has 0 atom stereocenters. The number of benzene rings is 2. The third kappa shape index (κ3) is 5.71. The minimum Gasteiger partial charge on any atom is -0.493 e. The molecule has 0 bridgehead atoms. The lowest BCUT2D eigenvalue weighted by Crippen LogP contribution is -2.35. The Kier molecular flexibility index (Phi) is 7.41. The van der Waals surface area contributed by atoms with Crippen LogP contribution in [0.25, 0.3) is 11.1 Å².